The molecule has 0 radical (unpaired) electrons. The van der Waals surface area contributed by atoms with Gasteiger partial charge in [0.05, 0.1) is 5.52 Å². The molecule has 0 amide bonds. The van der Waals surface area contributed by atoms with Crippen LogP contribution in [0.4, 0.5) is 0 Å². The number of likely N-dealkylation sites (tertiary alicyclic amines) is 1. The second-order valence-electron chi connectivity index (χ2n) is 6.36. The normalized spacial score (nSPS) is 20.5. The molecule has 0 bridgehead atoms. The number of carboxylic acid groups (broad SMARTS) is 1. The first-order chi connectivity index (χ1) is 11.1. The average Bonchev–Trinajstić information content (AvgIpc) is 2.57. The Morgan fingerprint density at radius 3 is 3.04 bits per heavy atom. The summed E-state index contributed by atoms with van der Waals surface area (Å²) in [5, 5.41) is 20.0. The Hall–Kier alpha value is -1.98. The molecular weight excluding hydrogens is 292 g/mol. The summed E-state index contributed by atoms with van der Waals surface area (Å²) in [4.78, 5) is 17.8. The lowest BCUT2D eigenvalue weighted by atomic mass is 9.92. The first-order valence-electron chi connectivity index (χ1n) is 8.02. The van der Waals surface area contributed by atoms with Crippen LogP contribution in [0.25, 0.3) is 10.9 Å². The van der Waals surface area contributed by atoms with Crippen LogP contribution in [0.5, 0.6) is 0 Å². The van der Waals surface area contributed by atoms with E-state index >= 15 is 0 Å². The lowest BCUT2D eigenvalue weighted by Crippen LogP contribution is -2.42. The van der Waals surface area contributed by atoms with Crippen molar-refractivity contribution in [1.29, 1.82) is 0 Å². The maximum atomic E-state index is 11.0. The van der Waals surface area contributed by atoms with E-state index in [1.54, 1.807) is 6.20 Å². The highest BCUT2D eigenvalue weighted by molar-refractivity contribution is 5.82. The molecule has 1 fully saturated rings. The number of aryl methyl sites for hydroxylation is 1. The number of hydrogen-bond acceptors (Lipinski definition) is 4. The van der Waals surface area contributed by atoms with E-state index in [1.165, 1.54) is 11.1 Å². The molecule has 2 heterocycles. The zero-order valence-corrected chi connectivity index (χ0v) is 13.3. The van der Waals surface area contributed by atoms with E-state index in [9.17, 15) is 9.90 Å². The third-order valence-corrected chi connectivity index (χ3v) is 4.74. The molecule has 5 heteroatoms. The van der Waals surface area contributed by atoms with Crippen molar-refractivity contribution in [2.45, 2.75) is 32.4 Å². The minimum absolute atomic E-state index is 0.204. The van der Waals surface area contributed by atoms with Gasteiger partial charge in [-0.1, -0.05) is 18.2 Å². The number of piperidine rings is 1. The van der Waals surface area contributed by atoms with Gasteiger partial charge >= 0.3 is 5.97 Å². The highest BCUT2D eigenvalue weighted by Gasteiger charge is 2.30. The summed E-state index contributed by atoms with van der Waals surface area (Å²) >= 11 is 0. The van der Waals surface area contributed by atoms with Crippen LogP contribution in [0.2, 0.25) is 0 Å². The van der Waals surface area contributed by atoms with Crippen LogP contribution in [0.1, 0.15) is 24.0 Å². The second kappa shape index (κ2) is 6.64. The minimum atomic E-state index is -1.27. The topological polar surface area (TPSA) is 73.7 Å². The molecule has 2 aromatic rings. The molecule has 1 aromatic heterocycles. The lowest BCUT2D eigenvalue weighted by Gasteiger charge is -2.34. The van der Waals surface area contributed by atoms with Gasteiger partial charge in [-0.05, 0) is 43.5 Å². The number of fused-ring (bicyclic) bond motifs is 1. The van der Waals surface area contributed by atoms with Crippen molar-refractivity contribution < 1.29 is 15.0 Å². The van der Waals surface area contributed by atoms with Gasteiger partial charge < -0.3 is 10.2 Å². The van der Waals surface area contributed by atoms with Crippen LogP contribution in [0, 0.1) is 12.8 Å². The van der Waals surface area contributed by atoms with Crippen LogP contribution in [0.3, 0.4) is 0 Å². The highest BCUT2D eigenvalue weighted by atomic mass is 16.4. The Morgan fingerprint density at radius 1 is 1.43 bits per heavy atom. The largest absolute Gasteiger partial charge is 0.479 e. The predicted molar refractivity (Wildman–Crippen MR) is 88.1 cm³/mol. The van der Waals surface area contributed by atoms with Crippen LogP contribution in [-0.2, 0) is 11.3 Å². The number of carbonyl (C=O) groups is 1. The molecule has 0 spiro atoms. The number of hydrogen-bond donors (Lipinski definition) is 2. The van der Waals surface area contributed by atoms with Crippen molar-refractivity contribution in [3.63, 3.8) is 0 Å². The Labute approximate surface area is 135 Å². The molecule has 1 aliphatic rings. The molecule has 0 aliphatic carbocycles. The molecule has 5 nitrogen and oxygen atoms in total. The number of aliphatic carboxylic acids is 1. The second-order valence-corrected chi connectivity index (χ2v) is 6.36. The van der Waals surface area contributed by atoms with Gasteiger partial charge in [0.25, 0.3) is 0 Å². The summed E-state index contributed by atoms with van der Waals surface area (Å²) in [6.45, 7) is 4.35. The van der Waals surface area contributed by atoms with Crippen molar-refractivity contribution in [3.8, 4) is 0 Å². The maximum Gasteiger partial charge on any atom is 0.332 e. The van der Waals surface area contributed by atoms with Gasteiger partial charge in [0.15, 0.2) is 6.10 Å². The Balaban J connectivity index is 1.82. The first-order valence-corrected chi connectivity index (χ1v) is 8.02. The Morgan fingerprint density at radius 2 is 2.26 bits per heavy atom. The van der Waals surface area contributed by atoms with Crippen LogP contribution >= 0.6 is 0 Å². The van der Waals surface area contributed by atoms with Gasteiger partial charge in [-0.25, -0.2) is 4.79 Å². The molecule has 1 aliphatic heterocycles. The van der Waals surface area contributed by atoms with Gasteiger partial charge in [0.1, 0.15) is 0 Å². The fourth-order valence-electron chi connectivity index (χ4n) is 3.42. The number of carboxylic acids is 1. The fraction of sp³-hybridized carbons (Fsp3) is 0.444. The van der Waals surface area contributed by atoms with Gasteiger partial charge in [0.2, 0.25) is 0 Å². The minimum Gasteiger partial charge on any atom is -0.479 e. The SMILES string of the molecule is Cc1ccc2cccnc2c1CN1CCCC(C(O)C(=O)O)C1. The molecule has 2 N–H and O–H groups in total. The van der Waals surface area contributed by atoms with E-state index < -0.39 is 12.1 Å². The maximum absolute atomic E-state index is 11.0. The average molecular weight is 314 g/mol. The number of pyridine rings is 1. The highest BCUT2D eigenvalue weighted by Crippen LogP contribution is 2.26. The summed E-state index contributed by atoms with van der Waals surface area (Å²) in [6, 6.07) is 8.17. The number of rotatable bonds is 4. The molecular formula is C18H22N2O3. The molecule has 1 aromatic carbocycles. The smallest absolute Gasteiger partial charge is 0.332 e. The summed E-state index contributed by atoms with van der Waals surface area (Å²) in [7, 11) is 0. The quantitative estimate of drug-likeness (QED) is 0.905. The van der Waals surface area contributed by atoms with Crippen molar-refractivity contribution in [1.82, 2.24) is 9.88 Å². The van der Waals surface area contributed by atoms with Crippen LogP contribution in [0.15, 0.2) is 30.5 Å². The molecule has 1 saturated heterocycles. The summed E-state index contributed by atoms with van der Waals surface area (Å²) < 4.78 is 0. The van der Waals surface area contributed by atoms with Crippen molar-refractivity contribution in [2.75, 3.05) is 13.1 Å². The Bertz CT molecular complexity index is 716. The summed E-state index contributed by atoms with van der Waals surface area (Å²) in [6.07, 6.45) is 2.20. The monoisotopic (exact) mass is 314 g/mol. The fourth-order valence-corrected chi connectivity index (χ4v) is 3.42. The van der Waals surface area contributed by atoms with E-state index in [-0.39, 0.29) is 5.92 Å². The van der Waals surface area contributed by atoms with Crippen molar-refractivity contribution in [2.24, 2.45) is 5.92 Å². The third-order valence-electron chi connectivity index (χ3n) is 4.74. The molecule has 122 valence electrons. The van der Waals surface area contributed by atoms with Crippen molar-refractivity contribution in [3.05, 3.63) is 41.6 Å². The summed E-state index contributed by atoms with van der Waals surface area (Å²) in [5.74, 6) is -1.33. The Kier molecular flexibility index (Phi) is 4.59. The van der Waals surface area contributed by atoms with E-state index in [0.717, 1.165) is 36.8 Å². The number of nitrogens with zero attached hydrogens (tertiary/aromatic N) is 2. The lowest BCUT2D eigenvalue weighted by molar-refractivity contribution is -0.150. The summed E-state index contributed by atoms with van der Waals surface area (Å²) in [5.41, 5.74) is 3.39. The van der Waals surface area contributed by atoms with Gasteiger partial charge in [-0.15, -0.1) is 0 Å². The third kappa shape index (κ3) is 3.35. The van der Waals surface area contributed by atoms with Gasteiger partial charge in [-0.2, -0.15) is 0 Å². The zero-order chi connectivity index (χ0) is 16.4. The molecule has 3 rings (SSSR count). The number of aliphatic hydroxyl groups is 1. The number of benzene rings is 1. The molecule has 2 unspecified atom stereocenters. The van der Waals surface area contributed by atoms with E-state index in [0.29, 0.717) is 6.54 Å². The van der Waals surface area contributed by atoms with E-state index in [4.69, 9.17) is 5.11 Å². The van der Waals surface area contributed by atoms with Crippen LogP contribution in [-0.4, -0.2) is 45.3 Å². The van der Waals surface area contributed by atoms with E-state index in [1.807, 2.05) is 6.07 Å². The first kappa shape index (κ1) is 15.9. The van der Waals surface area contributed by atoms with Gasteiger partial charge in [-0.3, -0.25) is 9.88 Å². The standard InChI is InChI=1S/C18H22N2O3/c1-12-6-7-13-4-2-8-19-16(13)15(12)11-20-9-3-5-14(10-20)17(21)18(22)23/h2,4,6-8,14,17,21H,3,5,9-11H2,1H3,(H,22,23). The molecule has 23 heavy (non-hydrogen) atoms. The van der Waals surface area contributed by atoms with E-state index in [2.05, 4.69) is 35.0 Å². The molecule has 0 saturated carbocycles. The zero-order valence-electron chi connectivity index (χ0n) is 13.3. The van der Waals surface area contributed by atoms with Gasteiger partial charge in [0, 0.05) is 30.6 Å². The predicted octanol–water partition coefficient (Wildman–Crippen LogP) is 2.20. The number of aromatic nitrogens is 1. The van der Waals surface area contributed by atoms with Crippen LogP contribution < -0.4 is 0 Å². The van der Waals surface area contributed by atoms with Crippen molar-refractivity contribution >= 4 is 16.9 Å². The number of aliphatic hydroxyl groups excluding tert-OH is 1. The molecule has 2 atom stereocenters.